The average molecular weight is 434 g/mol. The number of pyridine rings is 2. The van der Waals surface area contributed by atoms with E-state index in [1.165, 1.54) is 6.07 Å². The van der Waals surface area contributed by atoms with Crippen LogP contribution in [-0.4, -0.2) is 39.8 Å². The van der Waals surface area contributed by atoms with E-state index in [1.54, 1.807) is 35.5 Å². The fraction of sp³-hybridized carbons (Fsp3) is 0.167. The highest BCUT2D eigenvalue weighted by Gasteiger charge is 2.22. The van der Waals surface area contributed by atoms with Crippen molar-refractivity contribution in [3.8, 4) is 0 Å². The molecule has 0 saturated carbocycles. The zero-order valence-electron chi connectivity index (χ0n) is 17.3. The first-order valence-electron chi connectivity index (χ1n) is 10.0. The smallest absolute Gasteiger partial charge is 0.272 e. The number of halogens is 2. The average Bonchev–Trinajstić information content (AvgIpc) is 2.79. The molecule has 0 unspecified atom stereocenters. The topological polar surface area (TPSA) is 75.2 Å². The van der Waals surface area contributed by atoms with Crippen LogP contribution in [0.3, 0.4) is 0 Å². The van der Waals surface area contributed by atoms with E-state index in [0.717, 1.165) is 28.8 Å². The SMILES string of the molecule is Cc1ccnc(C(=O)N2CCC=C(c3ccc(NC(=O)c4c(F)cccc4F)nc3)C2)c1. The summed E-state index contributed by atoms with van der Waals surface area (Å²) in [5, 5.41) is 2.40. The number of rotatable bonds is 4. The van der Waals surface area contributed by atoms with Crippen LogP contribution in [0.25, 0.3) is 5.57 Å². The number of hydrogen-bond acceptors (Lipinski definition) is 4. The maximum absolute atomic E-state index is 13.8. The second kappa shape index (κ2) is 9.05. The molecule has 1 N–H and O–H groups in total. The molecule has 0 saturated heterocycles. The fourth-order valence-corrected chi connectivity index (χ4v) is 3.49. The number of amides is 2. The Bertz CT molecular complexity index is 1190. The second-order valence-electron chi connectivity index (χ2n) is 7.45. The minimum atomic E-state index is -0.945. The lowest BCUT2D eigenvalue weighted by molar-refractivity contribution is 0.0768. The Balaban J connectivity index is 1.45. The zero-order chi connectivity index (χ0) is 22.7. The van der Waals surface area contributed by atoms with Crippen molar-refractivity contribution < 1.29 is 18.4 Å². The molecule has 1 aliphatic heterocycles. The van der Waals surface area contributed by atoms with Crippen LogP contribution >= 0.6 is 0 Å². The van der Waals surface area contributed by atoms with Crippen molar-refractivity contribution in [1.29, 1.82) is 0 Å². The van der Waals surface area contributed by atoms with Gasteiger partial charge in [-0.25, -0.2) is 13.8 Å². The number of benzene rings is 1. The maximum Gasteiger partial charge on any atom is 0.272 e. The van der Waals surface area contributed by atoms with Crippen molar-refractivity contribution in [3.63, 3.8) is 0 Å². The molecule has 2 amide bonds. The molecule has 6 nitrogen and oxygen atoms in total. The van der Waals surface area contributed by atoms with E-state index >= 15 is 0 Å². The number of carbonyl (C=O) groups excluding carboxylic acids is 2. The van der Waals surface area contributed by atoms with Crippen LogP contribution in [0.1, 0.15) is 38.4 Å². The number of anilines is 1. The van der Waals surface area contributed by atoms with Gasteiger partial charge in [0, 0.05) is 25.5 Å². The number of aryl methyl sites for hydroxylation is 1. The number of aromatic nitrogens is 2. The summed E-state index contributed by atoms with van der Waals surface area (Å²) in [5.41, 5.74) is 2.42. The molecule has 0 aliphatic carbocycles. The van der Waals surface area contributed by atoms with Crippen molar-refractivity contribution in [2.45, 2.75) is 13.3 Å². The second-order valence-corrected chi connectivity index (χ2v) is 7.45. The largest absolute Gasteiger partial charge is 0.333 e. The predicted octanol–water partition coefficient (Wildman–Crippen LogP) is 4.25. The molecule has 32 heavy (non-hydrogen) atoms. The van der Waals surface area contributed by atoms with Gasteiger partial charge >= 0.3 is 0 Å². The van der Waals surface area contributed by atoms with Crippen LogP contribution in [-0.2, 0) is 0 Å². The van der Waals surface area contributed by atoms with Crippen molar-refractivity contribution in [2.24, 2.45) is 0 Å². The molecule has 0 bridgehead atoms. The molecule has 1 aliphatic rings. The minimum Gasteiger partial charge on any atom is -0.333 e. The fourth-order valence-electron chi connectivity index (χ4n) is 3.49. The Kier molecular flexibility index (Phi) is 6.02. The first kappa shape index (κ1) is 21.3. The highest BCUT2D eigenvalue weighted by Crippen LogP contribution is 2.23. The lowest BCUT2D eigenvalue weighted by Crippen LogP contribution is -2.36. The van der Waals surface area contributed by atoms with Gasteiger partial charge in [-0.1, -0.05) is 12.1 Å². The number of hydrogen-bond donors (Lipinski definition) is 1. The Morgan fingerprint density at radius 1 is 1.06 bits per heavy atom. The molecule has 1 aromatic carbocycles. The highest BCUT2D eigenvalue weighted by molar-refractivity contribution is 6.04. The molecule has 4 rings (SSSR count). The van der Waals surface area contributed by atoms with Gasteiger partial charge in [-0.3, -0.25) is 14.6 Å². The summed E-state index contributed by atoms with van der Waals surface area (Å²) in [7, 11) is 0. The first-order chi connectivity index (χ1) is 15.4. The third-order valence-electron chi connectivity index (χ3n) is 5.14. The van der Waals surface area contributed by atoms with E-state index in [0.29, 0.717) is 25.2 Å². The van der Waals surface area contributed by atoms with E-state index in [9.17, 15) is 18.4 Å². The molecule has 0 radical (unpaired) electrons. The Labute approximate surface area is 183 Å². The molecule has 0 fully saturated rings. The lowest BCUT2D eigenvalue weighted by atomic mass is 10.0. The third-order valence-corrected chi connectivity index (χ3v) is 5.14. The van der Waals surface area contributed by atoms with Crippen LogP contribution in [0, 0.1) is 18.6 Å². The molecule has 162 valence electrons. The summed E-state index contributed by atoms with van der Waals surface area (Å²) in [4.78, 5) is 35.1. The summed E-state index contributed by atoms with van der Waals surface area (Å²) < 4.78 is 27.6. The van der Waals surface area contributed by atoms with Crippen LogP contribution in [0.2, 0.25) is 0 Å². The van der Waals surface area contributed by atoms with E-state index in [1.807, 2.05) is 19.1 Å². The van der Waals surface area contributed by atoms with Crippen molar-refractivity contribution in [2.75, 3.05) is 18.4 Å². The molecular weight excluding hydrogens is 414 g/mol. The molecule has 3 aromatic rings. The molecule has 0 atom stereocenters. The van der Waals surface area contributed by atoms with Crippen LogP contribution < -0.4 is 5.32 Å². The monoisotopic (exact) mass is 434 g/mol. The van der Waals surface area contributed by atoms with E-state index in [2.05, 4.69) is 15.3 Å². The van der Waals surface area contributed by atoms with Crippen molar-refractivity contribution in [3.05, 3.63) is 95.0 Å². The Morgan fingerprint density at radius 3 is 2.53 bits per heavy atom. The number of carbonyl (C=O) groups is 2. The quantitative estimate of drug-likeness (QED) is 0.666. The number of nitrogens with zero attached hydrogens (tertiary/aromatic N) is 3. The highest BCUT2D eigenvalue weighted by atomic mass is 19.1. The van der Waals surface area contributed by atoms with Gasteiger partial charge in [-0.2, -0.15) is 0 Å². The van der Waals surface area contributed by atoms with Gasteiger partial charge in [-0.15, -0.1) is 0 Å². The van der Waals surface area contributed by atoms with Gasteiger partial charge in [-0.05, 0) is 66.4 Å². The standard InChI is InChI=1S/C24H20F2N4O2/c1-15-9-10-27-20(12-15)24(32)30-11-3-4-17(14-30)16-7-8-21(28-13-16)29-23(31)22-18(25)5-2-6-19(22)26/h2,4-10,12-13H,3,11,14H2,1H3,(H,28,29,31). The van der Waals surface area contributed by atoms with Crippen molar-refractivity contribution >= 4 is 23.2 Å². The zero-order valence-corrected chi connectivity index (χ0v) is 17.3. The summed E-state index contributed by atoms with van der Waals surface area (Å²) in [6, 6.07) is 10.1. The van der Waals surface area contributed by atoms with Gasteiger partial charge in [0.25, 0.3) is 11.8 Å². The number of nitrogens with one attached hydrogen (secondary N) is 1. The third kappa shape index (κ3) is 4.54. The van der Waals surface area contributed by atoms with Crippen LogP contribution in [0.15, 0.2) is 60.9 Å². The van der Waals surface area contributed by atoms with Crippen molar-refractivity contribution in [1.82, 2.24) is 14.9 Å². The first-order valence-corrected chi connectivity index (χ1v) is 10.0. The van der Waals surface area contributed by atoms with Crippen LogP contribution in [0.5, 0.6) is 0 Å². The van der Waals surface area contributed by atoms with E-state index in [-0.39, 0.29) is 11.7 Å². The molecule has 2 aromatic heterocycles. The van der Waals surface area contributed by atoms with E-state index in [4.69, 9.17) is 0 Å². The Hall–Kier alpha value is -3.94. The minimum absolute atomic E-state index is 0.136. The maximum atomic E-state index is 13.8. The normalized spacial score (nSPS) is 13.5. The summed E-state index contributed by atoms with van der Waals surface area (Å²) >= 11 is 0. The molecular formula is C24H20F2N4O2. The predicted molar refractivity (Wildman–Crippen MR) is 116 cm³/mol. The van der Waals surface area contributed by atoms with Crippen LogP contribution in [0.4, 0.5) is 14.6 Å². The summed E-state index contributed by atoms with van der Waals surface area (Å²) in [6.07, 6.45) is 5.90. The summed E-state index contributed by atoms with van der Waals surface area (Å²) in [5.74, 6) is -2.78. The van der Waals surface area contributed by atoms with Gasteiger partial charge in [0.1, 0.15) is 28.7 Å². The molecule has 0 spiro atoms. The lowest BCUT2D eigenvalue weighted by Gasteiger charge is -2.27. The van der Waals surface area contributed by atoms with Gasteiger partial charge < -0.3 is 10.2 Å². The molecule has 3 heterocycles. The van der Waals surface area contributed by atoms with Gasteiger partial charge in [0.05, 0.1) is 0 Å². The van der Waals surface area contributed by atoms with E-state index < -0.39 is 23.1 Å². The summed E-state index contributed by atoms with van der Waals surface area (Å²) in [6.45, 7) is 2.91. The van der Waals surface area contributed by atoms with Gasteiger partial charge in [0.2, 0.25) is 0 Å². The Morgan fingerprint density at radius 2 is 1.84 bits per heavy atom. The van der Waals surface area contributed by atoms with Gasteiger partial charge in [0.15, 0.2) is 0 Å². The molecule has 8 heteroatoms.